The van der Waals surface area contributed by atoms with Crippen molar-refractivity contribution in [1.29, 1.82) is 0 Å². The van der Waals surface area contributed by atoms with E-state index in [-0.39, 0.29) is 11.9 Å². The van der Waals surface area contributed by atoms with Crippen LogP contribution in [0, 0.1) is 12.8 Å². The summed E-state index contributed by atoms with van der Waals surface area (Å²) in [6.45, 7) is 6.14. The van der Waals surface area contributed by atoms with Crippen LogP contribution in [-0.2, 0) is 4.74 Å². The first-order chi connectivity index (χ1) is 14.0. The molecular weight excluding hydrogens is 386 g/mol. The van der Waals surface area contributed by atoms with Gasteiger partial charge in [0.1, 0.15) is 0 Å². The molecule has 1 amide bonds. The highest BCUT2D eigenvalue weighted by Crippen LogP contribution is 2.30. The molecule has 1 aliphatic heterocycles. The number of pyridine rings is 1. The van der Waals surface area contributed by atoms with Crippen LogP contribution >= 0.6 is 11.3 Å². The van der Waals surface area contributed by atoms with Crippen LogP contribution in [0.3, 0.4) is 0 Å². The third-order valence-electron chi connectivity index (χ3n) is 5.15. The van der Waals surface area contributed by atoms with Crippen molar-refractivity contribution in [3.63, 3.8) is 0 Å². The maximum absolute atomic E-state index is 13.3. The van der Waals surface area contributed by atoms with Crippen molar-refractivity contribution in [1.82, 2.24) is 19.9 Å². The van der Waals surface area contributed by atoms with Gasteiger partial charge in [-0.05, 0) is 38.5 Å². The normalized spacial score (nSPS) is 17.6. The number of hydrogen-bond acceptors (Lipinski definition) is 7. The fourth-order valence-corrected chi connectivity index (χ4v) is 4.63. The summed E-state index contributed by atoms with van der Waals surface area (Å²) >= 11 is 1.56. The highest BCUT2D eigenvalue weighted by Gasteiger charge is 2.29. The van der Waals surface area contributed by atoms with Crippen LogP contribution < -0.4 is 5.32 Å². The van der Waals surface area contributed by atoms with E-state index < -0.39 is 0 Å². The summed E-state index contributed by atoms with van der Waals surface area (Å²) in [7, 11) is 1.70. The molecule has 1 fully saturated rings. The summed E-state index contributed by atoms with van der Waals surface area (Å²) in [5, 5.41) is 3.30. The van der Waals surface area contributed by atoms with Crippen LogP contribution in [0.25, 0.3) is 10.2 Å². The first-order valence-electron chi connectivity index (χ1n) is 9.79. The molecule has 1 aliphatic rings. The van der Waals surface area contributed by atoms with Crippen LogP contribution in [-0.4, -0.2) is 52.6 Å². The van der Waals surface area contributed by atoms with E-state index in [4.69, 9.17) is 4.74 Å². The van der Waals surface area contributed by atoms with Crippen molar-refractivity contribution in [3.05, 3.63) is 46.7 Å². The number of anilines is 1. The molecule has 152 valence electrons. The third kappa shape index (κ3) is 4.23. The lowest BCUT2D eigenvalue weighted by molar-refractivity contribution is 0.0772. The molecule has 0 bridgehead atoms. The summed E-state index contributed by atoms with van der Waals surface area (Å²) in [4.78, 5) is 29.9. The van der Waals surface area contributed by atoms with Crippen LogP contribution in [0.2, 0.25) is 0 Å². The number of aromatic nitrogens is 3. The Hall–Kier alpha value is -2.58. The van der Waals surface area contributed by atoms with Crippen LogP contribution in [0.4, 0.5) is 5.95 Å². The molecule has 1 N–H and O–H groups in total. The van der Waals surface area contributed by atoms with Gasteiger partial charge < -0.3 is 15.0 Å². The quantitative estimate of drug-likeness (QED) is 0.667. The molecule has 29 heavy (non-hydrogen) atoms. The van der Waals surface area contributed by atoms with Gasteiger partial charge in [0.2, 0.25) is 5.95 Å². The summed E-state index contributed by atoms with van der Waals surface area (Å²) in [6, 6.07) is 7.72. The van der Waals surface area contributed by atoms with Crippen LogP contribution in [0.1, 0.15) is 40.4 Å². The second-order valence-electron chi connectivity index (χ2n) is 7.45. The molecule has 7 nitrogen and oxygen atoms in total. The molecule has 1 saturated heterocycles. The lowest BCUT2D eigenvalue weighted by Gasteiger charge is -2.18. The first kappa shape index (κ1) is 19.7. The monoisotopic (exact) mass is 411 g/mol. The number of likely N-dealkylation sites (tertiary alicyclic amines) is 1. The highest BCUT2D eigenvalue weighted by atomic mass is 32.1. The minimum absolute atomic E-state index is 0.0357. The zero-order chi connectivity index (χ0) is 20.4. The summed E-state index contributed by atoms with van der Waals surface area (Å²) in [6.07, 6.45) is 2.72. The molecule has 0 spiro atoms. The molecule has 8 heteroatoms. The number of thiophene rings is 1. The largest absolute Gasteiger partial charge is 0.384 e. The Labute approximate surface area is 174 Å². The molecule has 4 heterocycles. The zero-order valence-electron chi connectivity index (χ0n) is 16.9. The molecule has 4 rings (SSSR count). The van der Waals surface area contributed by atoms with Gasteiger partial charge >= 0.3 is 0 Å². The molecule has 1 unspecified atom stereocenters. The Morgan fingerprint density at radius 2 is 2.28 bits per heavy atom. The van der Waals surface area contributed by atoms with Gasteiger partial charge in [0.05, 0.1) is 28.6 Å². The number of hydrogen-bond donors (Lipinski definition) is 1. The van der Waals surface area contributed by atoms with Crippen molar-refractivity contribution < 1.29 is 9.53 Å². The average Bonchev–Trinajstić information content (AvgIpc) is 3.33. The van der Waals surface area contributed by atoms with Gasteiger partial charge in [-0.1, -0.05) is 6.07 Å². The molecule has 3 aromatic heterocycles. The van der Waals surface area contributed by atoms with E-state index in [1.165, 1.54) is 0 Å². The Kier molecular flexibility index (Phi) is 5.73. The average molecular weight is 412 g/mol. The molecule has 2 atom stereocenters. The van der Waals surface area contributed by atoms with Gasteiger partial charge in [0, 0.05) is 37.2 Å². The Morgan fingerprint density at radius 3 is 3.03 bits per heavy atom. The Balaban J connectivity index is 1.63. The van der Waals surface area contributed by atoms with E-state index in [0.29, 0.717) is 30.7 Å². The third-order valence-corrected chi connectivity index (χ3v) is 6.20. The van der Waals surface area contributed by atoms with Crippen LogP contribution in [0.15, 0.2) is 30.5 Å². The molecule has 3 aromatic rings. The molecule has 0 aliphatic carbocycles. The number of fused-ring (bicyclic) bond motifs is 1. The lowest BCUT2D eigenvalue weighted by Crippen LogP contribution is -2.30. The van der Waals surface area contributed by atoms with Gasteiger partial charge in [-0.2, -0.15) is 0 Å². The number of ether oxygens (including phenoxy) is 1. The van der Waals surface area contributed by atoms with Gasteiger partial charge in [-0.15, -0.1) is 11.3 Å². The highest BCUT2D eigenvalue weighted by molar-refractivity contribution is 7.19. The van der Waals surface area contributed by atoms with Crippen molar-refractivity contribution in [3.8, 4) is 0 Å². The zero-order valence-corrected chi connectivity index (χ0v) is 17.7. The topological polar surface area (TPSA) is 80.2 Å². The minimum Gasteiger partial charge on any atom is -0.384 e. The maximum atomic E-state index is 13.3. The maximum Gasteiger partial charge on any atom is 0.274 e. The van der Waals surface area contributed by atoms with Crippen molar-refractivity contribution in [2.45, 2.75) is 26.3 Å². The number of carbonyl (C=O) groups excluding carboxylic acids is 1. The standard InChI is InChI=1S/C21H25N5O2S/c1-13-10-17-19(29-13)18(20(27)26-9-7-15(11-26)12-28-3)25-21(24-17)23-14(2)16-6-4-5-8-22-16/h4-6,8,10,14-15H,7,9,11-12H2,1-3H3,(H,23,24,25)/t14?,15-/m1/s1. The number of carbonyl (C=O) groups is 1. The van der Waals surface area contributed by atoms with E-state index in [0.717, 1.165) is 33.8 Å². The number of amides is 1. The van der Waals surface area contributed by atoms with E-state index in [9.17, 15) is 4.79 Å². The summed E-state index contributed by atoms with van der Waals surface area (Å²) < 4.78 is 6.11. The van der Waals surface area contributed by atoms with E-state index >= 15 is 0 Å². The van der Waals surface area contributed by atoms with Crippen molar-refractivity contribution in [2.75, 3.05) is 32.1 Å². The second-order valence-corrected chi connectivity index (χ2v) is 8.71. The number of aryl methyl sites for hydroxylation is 1. The minimum atomic E-state index is -0.0748. The second kappa shape index (κ2) is 8.42. The lowest BCUT2D eigenvalue weighted by atomic mass is 10.1. The number of nitrogens with one attached hydrogen (secondary N) is 1. The smallest absolute Gasteiger partial charge is 0.274 e. The van der Waals surface area contributed by atoms with E-state index in [1.807, 2.05) is 43.0 Å². The number of rotatable bonds is 6. The van der Waals surface area contributed by atoms with Crippen molar-refractivity contribution >= 4 is 33.4 Å². The Morgan fingerprint density at radius 1 is 1.41 bits per heavy atom. The van der Waals surface area contributed by atoms with Gasteiger partial charge in [-0.25, -0.2) is 9.97 Å². The summed E-state index contributed by atoms with van der Waals surface area (Å²) in [5.74, 6) is 0.795. The number of methoxy groups -OCH3 is 1. The van der Waals surface area contributed by atoms with Crippen molar-refractivity contribution in [2.24, 2.45) is 5.92 Å². The fourth-order valence-electron chi connectivity index (χ4n) is 3.70. The predicted molar refractivity (Wildman–Crippen MR) is 114 cm³/mol. The van der Waals surface area contributed by atoms with E-state index in [1.54, 1.807) is 24.6 Å². The Bertz CT molecular complexity index is 1010. The summed E-state index contributed by atoms with van der Waals surface area (Å²) in [5.41, 5.74) is 2.17. The fraction of sp³-hybridized carbons (Fsp3) is 0.429. The molecule has 0 saturated carbocycles. The number of nitrogens with zero attached hydrogens (tertiary/aromatic N) is 4. The first-order valence-corrected chi connectivity index (χ1v) is 10.6. The van der Waals surface area contributed by atoms with Gasteiger partial charge in [0.15, 0.2) is 5.69 Å². The van der Waals surface area contributed by atoms with Crippen LogP contribution in [0.5, 0.6) is 0 Å². The van der Waals surface area contributed by atoms with E-state index in [2.05, 4.69) is 20.3 Å². The molecular formula is C21H25N5O2S. The van der Waals surface area contributed by atoms with Gasteiger partial charge in [0.25, 0.3) is 5.91 Å². The van der Waals surface area contributed by atoms with Gasteiger partial charge in [-0.3, -0.25) is 9.78 Å². The molecule has 0 aromatic carbocycles. The predicted octanol–water partition coefficient (Wildman–Crippen LogP) is 3.68. The SMILES string of the molecule is COC[C@@H]1CCN(C(=O)c2nc(NC(C)c3ccccn3)nc3cc(C)sc23)C1. The molecule has 0 radical (unpaired) electrons.